The largest absolute Gasteiger partial charge is 0.322 e. The SMILES string of the molecule is CC(C)Sc1ccc(NC(=O)c2cc(Cl)ccc2NS(=O)(=O)c2ccc(Cl)cc2)cc1. The number of anilines is 2. The number of carbonyl (C=O) groups excluding carboxylic acids is 1. The second-order valence-corrected chi connectivity index (χ2v) is 11.1. The number of halogens is 2. The van der Waals surface area contributed by atoms with Crippen molar-refractivity contribution in [3.63, 3.8) is 0 Å². The Labute approximate surface area is 196 Å². The first kappa shape index (κ1) is 23.5. The molecule has 0 fully saturated rings. The summed E-state index contributed by atoms with van der Waals surface area (Å²) in [5.41, 5.74) is 0.805. The van der Waals surface area contributed by atoms with Crippen LogP contribution in [0.5, 0.6) is 0 Å². The highest BCUT2D eigenvalue weighted by Gasteiger charge is 2.19. The molecule has 0 unspecified atom stereocenters. The van der Waals surface area contributed by atoms with E-state index in [-0.39, 0.29) is 16.1 Å². The first-order valence-electron chi connectivity index (χ1n) is 9.30. The van der Waals surface area contributed by atoms with E-state index in [1.807, 2.05) is 12.1 Å². The summed E-state index contributed by atoms with van der Waals surface area (Å²) in [4.78, 5) is 14.0. The van der Waals surface area contributed by atoms with E-state index in [1.165, 1.54) is 42.5 Å². The normalized spacial score (nSPS) is 11.4. The van der Waals surface area contributed by atoms with Crippen molar-refractivity contribution in [2.75, 3.05) is 10.0 Å². The standard InChI is InChI=1S/C22H20Cl2N2O3S2/c1-14(2)30-18-8-6-17(7-9-18)25-22(27)20-13-16(24)5-12-21(20)26-31(28,29)19-10-3-15(23)4-11-19/h3-14,26H,1-2H3,(H,25,27). The van der Waals surface area contributed by atoms with Crippen LogP contribution in [-0.4, -0.2) is 19.6 Å². The summed E-state index contributed by atoms with van der Waals surface area (Å²) in [5, 5.41) is 3.96. The predicted octanol–water partition coefficient (Wildman–Crippen LogP) is 6.55. The molecular weight excluding hydrogens is 475 g/mol. The molecular formula is C22H20Cl2N2O3S2. The molecule has 2 N–H and O–H groups in total. The zero-order valence-electron chi connectivity index (χ0n) is 16.7. The van der Waals surface area contributed by atoms with Gasteiger partial charge in [0.25, 0.3) is 15.9 Å². The molecule has 0 atom stereocenters. The van der Waals surface area contributed by atoms with Crippen molar-refractivity contribution in [1.82, 2.24) is 0 Å². The van der Waals surface area contributed by atoms with Gasteiger partial charge in [-0.15, -0.1) is 11.8 Å². The van der Waals surface area contributed by atoms with Crippen molar-refractivity contribution in [2.24, 2.45) is 0 Å². The topological polar surface area (TPSA) is 75.3 Å². The molecule has 0 radical (unpaired) electrons. The Kier molecular flexibility index (Phi) is 7.54. The van der Waals surface area contributed by atoms with Crippen LogP contribution in [-0.2, 0) is 10.0 Å². The van der Waals surface area contributed by atoms with Gasteiger partial charge in [-0.25, -0.2) is 8.42 Å². The van der Waals surface area contributed by atoms with Gasteiger partial charge in [0, 0.05) is 25.9 Å². The van der Waals surface area contributed by atoms with Crippen molar-refractivity contribution >= 4 is 62.3 Å². The number of rotatable bonds is 7. The molecule has 0 saturated carbocycles. The Morgan fingerprint density at radius 2 is 1.52 bits per heavy atom. The lowest BCUT2D eigenvalue weighted by atomic mass is 10.1. The van der Waals surface area contributed by atoms with Gasteiger partial charge in [-0.05, 0) is 66.7 Å². The molecule has 31 heavy (non-hydrogen) atoms. The molecule has 5 nitrogen and oxygen atoms in total. The molecule has 9 heteroatoms. The highest BCUT2D eigenvalue weighted by molar-refractivity contribution is 7.99. The number of thioether (sulfide) groups is 1. The van der Waals surface area contributed by atoms with Crippen LogP contribution in [0.2, 0.25) is 10.0 Å². The summed E-state index contributed by atoms with van der Waals surface area (Å²) >= 11 is 13.6. The zero-order chi connectivity index (χ0) is 22.6. The van der Waals surface area contributed by atoms with E-state index in [2.05, 4.69) is 23.9 Å². The van der Waals surface area contributed by atoms with E-state index < -0.39 is 15.9 Å². The van der Waals surface area contributed by atoms with Crippen LogP contribution in [0.3, 0.4) is 0 Å². The molecule has 162 valence electrons. The number of benzene rings is 3. The maximum absolute atomic E-state index is 12.9. The van der Waals surface area contributed by atoms with Gasteiger partial charge in [0.05, 0.1) is 16.1 Å². The van der Waals surface area contributed by atoms with Crippen LogP contribution in [0.25, 0.3) is 0 Å². The van der Waals surface area contributed by atoms with E-state index in [0.29, 0.717) is 21.0 Å². The molecule has 0 aliphatic rings. The van der Waals surface area contributed by atoms with Gasteiger partial charge < -0.3 is 5.32 Å². The van der Waals surface area contributed by atoms with Crippen LogP contribution in [0.4, 0.5) is 11.4 Å². The summed E-state index contributed by atoms with van der Waals surface area (Å²) in [5.74, 6) is -0.486. The molecule has 3 rings (SSSR count). The van der Waals surface area contributed by atoms with Gasteiger partial charge in [0.15, 0.2) is 0 Å². The Balaban J connectivity index is 1.83. The predicted molar refractivity (Wildman–Crippen MR) is 129 cm³/mol. The van der Waals surface area contributed by atoms with Gasteiger partial charge >= 0.3 is 0 Å². The van der Waals surface area contributed by atoms with Crippen molar-refractivity contribution in [3.8, 4) is 0 Å². The Hall–Kier alpha value is -2.19. The number of hydrogen-bond donors (Lipinski definition) is 2. The molecule has 0 aliphatic heterocycles. The van der Waals surface area contributed by atoms with Crippen LogP contribution in [0.1, 0.15) is 24.2 Å². The molecule has 0 aromatic heterocycles. The van der Waals surface area contributed by atoms with Crippen LogP contribution in [0, 0.1) is 0 Å². The van der Waals surface area contributed by atoms with Crippen molar-refractivity contribution in [1.29, 1.82) is 0 Å². The molecule has 0 saturated heterocycles. The number of amides is 1. The van der Waals surface area contributed by atoms with Crippen LogP contribution >= 0.6 is 35.0 Å². The monoisotopic (exact) mass is 494 g/mol. The fourth-order valence-corrected chi connectivity index (χ4v) is 4.91. The minimum Gasteiger partial charge on any atom is -0.322 e. The fraction of sp³-hybridized carbons (Fsp3) is 0.136. The van der Waals surface area contributed by atoms with Gasteiger partial charge in [-0.3, -0.25) is 9.52 Å². The van der Waals surface area contributed by atoms with E-state index in [4.69, 9.17) is 23.2 Å². The minimum atomic E-state index is -3.92. The maximum Gasteiger partial charge on any atom is 0.261 e. The number of carbonyl (C=O) groups is 1. The molecule has 0 bridgehead atoms. The average molecular weight is 495 g/mol. The third-order valence-electron chi connectivity index (χ3n) is 4.08. The molecule has 0 heterocycles. The number of nitrogens with one attached hydrogen (secondary N) is 2. The zero-order valence-corrected chi connectivity index (χ0v) is 19.9. The second kappa shape index (κ2) is 9.96. The minimum absolute atomic E-state index is 0.0245. The summed E-state index contributed by atoms with van der Waals surface area (Å²) in [6.07, 6.45) is 0. The number of sulfonamides is 1. The van der Waals surface area contributed by atoms with Crippen molar-refractivity contribution in [2.45, 2.75) is 28.9 Å². The number of hydrogen-bond acceptors (Lipinski definition) is 4. The third-order valence-corrected chi connectivity index (χ3v) is 6.96. The molecule has 0 aliphatic carbocycles. The maximum atomic E-state index is 12.9. The summed E-state index contributed by atoms with van der Waals surface area (Å²) in [6, 6.07) is 17.5. The van der Waals surface area contributed by atoms with Gasteiger partial charge in [-0.2, -0.15) is 0 Å². The van der Waals surface area contributed by atoms with Gasteiger partial charge in [-0.1, -0.05) is 37.0 Å². The average Bonchev–Trinajstić information content (AvgIpc) is 2.70. The van der Waals surface area contributed by atoms with E-state index >= 15 is 0 Å². The smallest absolute Gasteiger partial charge is 0.261 e. The second-order valence-electron chi connectivity index (χ2n) is 6.89. The van der Waals surface area contributed by atoms with E-state index in [1.54, 1.807) is 23.9 Å². The van der Waals surface area contributed by atoms with Gasteiger partial charge in [0.1, 0.15) is 0 Å². The lowest BCUT2D eigenvalue weighted by molar-refractivity contribution is 0.102. The van der Waals surface area contributed by atoms with E-state index in [9.17, 15) is 13.2 Å². The summed E-state index contributed by atoms with van der Waals surface area (Å²) in [7, 11) is -3.92. The van der Waals surface area contributed by atoms with E-state index in [0.717, 1.165) is 4.90 Å². The third kappa shape index (κ3) is 6.40. The Morgan fingerprint density at radius 3 is 2.13 bits per heavy atom. The first-order valence-corrected chi connectivity index (χ1v) is 12.4. The summed E-state index contributed by atoms with van der Waals surface area (Å²) in [6.45, 7) is 4.21. The first-order chi connectivity index (χ1) is 14.6. The fourth-order valence-electron chi connectivity index (χ4n) is 2.70. The lowest BCUT2D eigenvalue weighted by Crippen LogP contribution is -2.18. The molecule has 3 aromatic carbocycles. The quantitative estimate of drug-likeness (QED) is 0.365. The van der Waals surface area contributed by atoms with Gasteiger partial charge in [0.2, 0.25) is 0 Å². The Morgan fingerprint density at radius 1 is 0.903 bits per heavy atom. The summed E-state index contributed by atoms with van der Waals surface area (Å²) < 4.78 is 27.9. The van der Waals surface area contributed by atoms with Crippen LogP contribution < -0.4 is 10.0 Å². The molecule has 0 spiro atoms. The van der Waals surface area contributed by atoms with Crippen LogP contribution in [0.15, 0.2) is 76.5 Å². The Bertz CT molecular complexity index is 1180. The highest BCUT2D eigenvalue weighted by atomic mass is 35.5. The van der Waals surface area contributed by atoms with Crippen molar-refractivity contribution in [3.05, 3.63) is 82.3 Å². The van der Waals surface area contributed by atoms with Crippen molar-refractivity contribution < 1.29 is 13.2 Å². The molecule has 1 amide bonds. The molecule has 3 aromatic rings. The highest BCUT2D eigenvalue weighted by Crippen LogP contribution is 2.27. The lowest BCUT2D eigenvalue weighted by Gasteiger charge is -2.14.